The third-order valence-corrected chi connectivity index (χ3v) is 6.73. The van der Waals surface area contributed by atoms with Gasteiger partial charge in [-0.15, -0.1) is 11.8 Å². The minimum Gasteiger partial charge on any atom is -0.481 e. The summed E-state index contributed by atoms with van der Waals surface area (Å²) >= 11 is 8.30. The van der Waals surface area contributed by atoms with Gasteiger partial charge in [-0.05, 0) is 56.8 Å². The minimum atomic E-state index is -0.767. The highest BCUT2D eigenvalue weighted by molar-refractivity contribution is 8.00. The molecule has 1 aromatic rings. The highest BCUT2D eigenvalue weighted by Gasteiger charge is 2.38. The van der Waals surface area contributed by atoms with Crippen LogP contribution in [0.25, 0.3) is 0 Å². The van der Waals surface area contributed by atoms with Gasteiger partial charge in [-0.2, -0.15) is 0 Å². The molecule has 0 aliphatic carbocycles. The predicted molar refractivity (Wildman–Crippen MR) is 90.9 cm³/mol. The molecule has 120 valence electrons. The number of piperidine rings is 1. The van der Waals surface area contributed by atoms with E-state index in [-0.39, 0.29) is 6.42 Å². The molecular weight excluding hydrogens is 318 g/mol. The average Bonchev–Trinajstić information content (AvgIpc) is 2.70. The average molecular weight is 340 g/mol. The van der Waals surface area contributed by atoms with Crippen molar-refractivity contribution in [1.29, 1.82) is 0 Å². The van der Waals surface area contributed by atoms with Crippen molar-refractivity contribution in [3.63, 3.8) is 0 Å². The molecule has 2 saturated heterocycles. The summed E-state index contributed by atoms with van der Waals surface area (Å²) in [5, 5.41) is 10.2. The fourth-order valence-corrected chi connectivity index (χ4v) is 5.33. The number of carboxylic acids is 1. The first-order valence-corrected chi connectivity index (χ1v) is 9.17. The molecule has 2 bridgehead atoms. The number of benzene rings is 1. The summed E-state index contributed by atoms with van der Waals surface area (Å²) in [4.78, 5) is 14.3. The van der Waals surface area contributed by atoms with E-state index in [0.717, 1.165) is 27.6 Å². The van der Waals surface area contributed by atoms with E-state index in [1.807, 2.05) is 23.9 Å². The van der Waals surface area contributed by atoms with E-state index in [1.165, 1.54) is 25.7 Å². The predicted octanol–water partition coefficient (Wildman–Crippen LogP) is 4.07. The molecule has 5 heteroatoms. The second-order valence-corrected chi connectivity index (χ2v) is 8.17. The van der Waals surface area contributed by atoms with Crippen LogP contribution >= 0.6 is 23.4 Å². The van der Waals surface area contributed by atoms with Crippen LogP contribution in [0.1, 0.15) is 37.7 Å². The zero-order valence-electron chi connectivity index (χ0n) is 12.8. The molecule has 3 atom stereocenters. The normalized spacial score (nSPS) is 28.0. The molecule has 2 aliphatic heterocycles. The van der Waals surface area contributed by atoms with Crippen molar-refractivity contribution in [1.82, 2.24) is 4.90 Å². The van der Waals surface area contributed by atoms with Crippen molar-refractivity contribution in [2.24, 2.45) is 0 Å². The van der Waals surface area contributed by atoms with E-state index < -0.39 is 5.97 Å². The van der Waals surface area contributed by atoms with Crippen LogP contribution < -0.4 is 0 Å². The molecule has 0 amide bonds. The fourth-order valence-electron chi connectivity index (χ4n) is 3.68. The topological polar surface area (TPSA) is 40.5 Å². The first-order valence-electron chi connectivity index (χ1n) is 7.91. The van der Waals surface area contributed by atoms with Crippen LogP contribution in [0.15, 0.2) is 23.1 Å². The Labute approximate surface area is 141 Å². The maximum Gasteiger partial charge on any atom is 0.303 e. The number of carbonyl (C=O) groups is 1. The molecule has 0 unspecified atom stereocenters. The van der Waals surface area contributed by atoms with Gasteiger partial charge in [0.05, 0.1) is 5.02 Å². The molecular formula is C17H22ClNO2S. The lowest BCUT2D eigenvalue weighted by atomic mass is 10.0. The highest BCUT2D eigenvalue weighted by atomic mass is 35.5. The van der Waals surface area contributed by atoms with Crippen LogP contribution in [0.4, 0.5) is 0 Å². The summed E-state index contributed by atoms with van der Waals surface area (Å²) in [5.41, 5.74) is 1.00. The molecule has 2 heterocycles. The lowest BCUT2D eigenvalue weighted by Gasteiger charge is -2.36. The van der Waals surface area contributed by atoms with Crippen molar-refractivity contribution in [3.8, 4) is 0 Å². The number of rotatable bonds is 5. The number of thioether (sulfide) groups is 1. The van der Waals surface area contributed by atoms with Crippen LogP contribution in [0.2, 0.25) is 5.02 Å². The molecule has 3 nitrogen and oxygen atoms in total. The van der Waals surface area contributed by atoms with Gasteiger partial charge in [-0.25, -0.2) is 0 Å². The van der Waals surface area contributed by atoms with Gasteiger partial charge >= 0.3 is 5.97 Å². The van der Waals surface area contributed by atoms with Crippen molar-refractivity contribution < 1.29 is 9.90 Å². The molecule has 0 aromatic heterocycles. The Kier molecular flexibility index (Phi) is 5.00. The number of hydrogen-bond acceptors (Lipinski definition) is 3. The second-order valence-electron chi connectivity index (χ2n) is 6.42. The van der Waals surface area contributed by atoms with Crippen molar-refractivity contribution in [3.05, 3.63) is 28.8 Å². The van der Waals surface area contributed by atoms with Gasteiger partial charge in [0.1, 0.15) is 0 Å². The van der Waals surface area contributed by atoms with Gasteiger partial charge in [0.15, 0.2) is 0 Å². The van der Waals surface area contributed by atoms with Gasteiger partial charge in [-0.3, -0.25) is 4.79 Å². The maximum atomic E-state index is 10.6. The van der Waals surface area contributed by atoms with Crippen LogP contribution in [-0.2, 0) is 11.2 Å². The molecule has 1 aromatic carbocycles. The van der Waals surface area contributed by atoms with Gasteiger partial charge in [-0.1, -0.05) is 17.7 Å². The molecule has 2 fully saturated rings. The Hall–Kier alpha value is -0.710. The van der Waals surface area contributed by atoms with Crippen molar-refractivity contribution >= 4 is 29.3 Å². The van der Waals surface area contributed by atoms with E-state index in [0.29, 0.717) is 11.7 Å². The summed E-state index contributed by atoms with van der Waals surface area (Å²) in [6.45, 7) is 0. The van der Waals surface area contributed by atoms with Gasteiger partial charge in [0, 0.05) is 28.6 Å². The Bertz CT molecular complexity index is 552. The molecule has 0 saturated carbocycles. The summed E-state index contributed by atoms with van der Waals surface area (Å²) in [5.74, 6) is -0.767. The molecule has 1 N–H and O–H groups in total. The molecule has 22 heavy (non-hydrogen) atoms. The standard InChI is InChI=1S/C17H22ClNO2S/c1-19-12-4-5-13(19)10-14(9-12)22-16-6-2-11(8-15(16)18)3-7-17(20)21/h2,6,8,12-14H,3-5,7,9-10H2,1H3,(H,20,21)/t12-,13+,14-. The zero-order chi connectivity index (χ0) is 15.7. The largest absolute Gasteiger partial charge is 0.481 e. The van der Waals surface area contributed by atoms with Gasteiger partial charge in [0.25, 0.3) is 0 Å². The molecule has 0 radical (unpaired) electrons. The lowest BCUT2D eigenvalue weighted by Crippen LogP contribution is -2.40. The Balaban J connectivity index is 1.62. The highest BCUT2D eigenvalue weighted by Crippen LogP contribution is 2.43. The maximum absolute atomic E-state index is 10.6. The van der Waals surface area contributed by atoms with E-state index in [1.54, 1.807) is 0 Å². The van der Waals surface area contributed by atoms with Crippen LogP contribution in [0, 0.1) is 0 Å². The van der Waals surface area contributed by atoms with Crippen molar-refractivity contribution in [2.45, 2.75) is 60.8 Å². The van der Waals surface area contributed by atoms with E-state index in [4.69, 9.17) is 16.7 Å². The third kappa shape index (κ3) is 3.61. The fraction of sp³-hybridized carbons (Fsp3) is 0.588. The van der Waals surface area contributed by atoms with E-state index >= 15 is 0 Å². The third-order valence-electron chi connectivity index (χ3n) is 4.97. The zero-order valence-corrected chi connectivity index (χ0v) is 14.4. The van der Waals surface area contributed by atoms with Crippen LogP contribution in [0.3, 0.4) is 0 Å². The number of carboxylic acid groups (broad SMARTS) is 1. The molecule has 3 rings (SSSR count). The van der Waals surface area contributed by atoms with Crippen LogP contribution in [-0.4, -0.2) is 40.4 Å². The van der Waals surface area contributed by atoms with E-state index in [9.17, 15) is 4.79 Å². The van der Waals surface area contributed by atoms with E-state index in [2.05, 4.69) is 18.0 Å². The Morgan fingerprint density at radius 2 is 2.05 bits per heavy atom. The molecule has 2 aliphatic rings. The Morgan fingerprint density at radius 3 is 2.64 bits per heavy atom. The lowest BCUT2D eigenvalue weighted by molar-refractivity contribution is -0.136. The summed E-state index contributed by atoms with van der Waals surface area (Å²) < 4.78 is 0. The first-order chi connectivity index (χ1) is 10.5. The minimum absolute atomic E-state index is 0.154. The summed E-state index contributed by atoms with van der Waals surface area (Å²) in [6.07, 6.45) is 5.85. The first kappa shape index (κ1) is 16.2. The number of aliphatic carboxylic acids is 1. The quantitative estimate of drug-likeness (QED) is 0.877. The summed E-state index contributed by atoms with van der Waals surface area (Å²) in [7, 11) is 2.26. The number of nitrogens with zero attached hydrogens (tertiary/aromatic N) is 1. The van der Waals surface area contributed by atoms with Crippen LogP contribution in [0.5, 0.6) is 0 Å². The SMILES string of the molecule is CN1[C@@H]2CC[C@H]1C[C@H](Sc1ccc(CCC(=O)O)cc1Cl)C2. The number of halogens is 1. The smallest absolute Gasteiger partial charge is 0.303 e. The summed E-state index contributed by atoms with van der Waals surface area (Å²) in [6, 6.07) is 7.48. The van der Waals surface area contributed by atoms with Crippen molar-refractivity contribution in [2.75, 3.05) is 7.05 Å². The second kappa shape index (κ2) is 6.81. The monoisotopic (exact) mass is 339 g/mol. The molecule has 0 spiro atoms. The van der Waals surface area contributed by atoms with Gasteiger partial charge < -0.3 is 10.0 Å². The number of hydrogen-bond donors (Lipinski definition) is 1. The van der Waals surface area contributed by atoms with Gasteiger partial charge in [0.2, 0.25) is 0 Å². The number of fused-ring (bicyclic) bond motifs is 2. The Morgan fingerprint density at radius 1 is 1.36 bits per heavy atom. The number of aryl methyl sites for hydroxylation is 1.